The van der Waals surface area contributed by atoms with Crippen molar-refractivity contribution in [2.24, 2.45) is 7.05 Å². The number of hydrogen-bond acceptors (Lipinski definition) is 6. The lowest BCUT2D eigenvalue weighted by molar-refractivity contribution is -0.0338. The number of thioether (sulfide) groups is 1. The van der Waals surface area contributed by atoms with Gasteiger partial charge in [-0.15, -0.1) is 0 Å². The second-order valence-corrected chi connectivity index (χ2v) is 8.97. The summed E-state index contributed by atoms with van der Waals surface area (Å²) in [6.45, 7) is 5.52. The van der Waals surface area contributed by atoms with Gasteiger partial charge in [-0.3, -0.25) is 14.6 Å². The lowest BCUT2D eigenvalue weighted by atomic mass is 10.1. The molecule has 0 unspecified atom stereocenters. The molecule has 4 rings (SSSR count). The highest BCUT2D eigenvalue weighted by atomic mass is 32.2. The predicted octanol–water partition coefficient (Wildman–Crippen LogP) is 2.21. The van der Waals surface area contributed by atoms with Crippen LogP contribution in [0.4, 0.5) is 0 Å². The van der Waals surface area contributed by atoms with Gasteiger partial charge in [-0.1, -0.05) is 30.3 Å². The first kappa shape index (κ1) is 20.5. The molecule has 1 aromatic carbocycles. The zero-order valence-corrected chi connectivity index (χ0v) is 17.7. The summed E-state index contributed by atoms with van der Waals surface area (Å²) in [6, 6.07) is 11.8. The molecule has 1 aromatic heterocycles. The van der Waals surface area contributed by atoms with E-state index in [-0.39, 0.29) is 17.3 Å². The molecule has 29 heavy (non-hydrogen) atoms. The number of morpholine rings is 1. The van der Waals surface area contributed by atoms with E-state index in [0.717, 1.165) is 55.5 Å². The summed E-state index contributed by atoms with van der Waals surface area (Å²) in [5.74, 6) is 2.13. The number of aromatic nitrogens is 1. The highest BCUT2D eigenvalue weighted by Crippen LogP contribution is 2.25. The molecule has 0 radical (unpaired) electrons. The second-order valence-electron chi connectivity index (χ2n) is 7.75. The molecule has 0 spiro atoms. The minimum Gasteiger partial charge on any atom is -0.503 e. The third-order valence-electron chi connectivity index (χ3n) is 5.82. The first-order valence-electron chi connectivity index (χ1n) is 10.2. The predicted molar refractivity (Wildman–Crippen MR) is 116 cm³/mol. The van der Waals surface area contributed by atoms with Crippen molar-refractivity contribution in [3.63, 3.8) is 0 Å². The van der Waals surface area contributed by atoms with Gasteiger partial charge >= 0.3 is 0 Å². The third kappa shape index (κ3) is 4.86. The van der Waals surface area contributed by atoms with Crippen molar-refractivity contribution < 1.29 is 9.84 Å². The van der Waals surface area contributed by atoms with Gasteiger partial charge in [0, 0.05) is 69.6 Å². The number of rotatable bonds is 5. The van der Waals surface area contributed by atoms with Crippen molar-refractivity contribution in [2.75, 3.05) is 44.3 Å². The summed E-state index contributed by atoms with van der Waals surface area (Å²) in [5.41, 5.74) is 2.52. The molecule has 2 aliphatic rings. The van der Waals surface area contributed by atoms with Gasteiger partial charge in [0.1, 0.15) is 0 Å². The van der Waals surface area contributed by atoms with Crippen LogP contribution in [-0.4, -0.2) is 63.8 Å². The molecule has 3 heterocycles. The number of benzene rings is 1. The molecule has 1 atom stereocenters. The van der Waals surface area contributed by atoms with E-state index in [1.807, 2.05) is 41.6 Å². The lowest BCUT2D eigenvalue weighted by Crippen LogP contribution is -2.39. The zero-order chi connectivity index (χ0) is 20.2. The maximum atomic E-state index is 12.5. The van der Waals surface area contributed by atoms with Crippen LogP contribution in [0.1, 0.15) is 23.1 Å². The number of hydrogen-bond donors (Lipinski definition) is 1. The van der Waals surface area contributed by atoms with Gasteiger partial charge in [0.15, 0.2) is 5.75 Å². The van der Waals surface area contributed by atoms with E-state index in [1.165, 1.54) is 0 Å². The smallest absolute Gasteiger partial charge is 0.223 e. The Labute approximate surface area is 176 Å². The molecular formula is C22H29N3O3S. The van der Waals surface area contributed by atoms with E-state index >= 15 is 0 Å². The van der Waals surface area contributed by atoms with Gasteiger partial charge in [0.05, 0.1) is 18.4 Å². The van der Waals surface area contributed by atoms with Crippen LogP contribution >= 0.6 is 11.8 Å². The number of aromatic hydroxyl groups is 1. The SMILES string of the molecule is Cn1c(CN2CCSCC2)cc(=O)c(O)c1CN1CCO[C@H](c2ccccc2)C1. The first-order valence-corrected chi connectivity index (χ1v) is 11.4. The van der Waals surface area contributed by atoms with E-state index in [9.17, 15) is 9.90 Å². The van der Waals surface area contributed by atoms with Gasteiger partial charge in [-0.05, 0) is 5.56 Å². The molecule has 156 valence electrons. The van der Waals surface area contributed by atoms with Gasteiger partial charge in [-0.25, -0.2) is 0 Å². The molecular weight excluding hydrogens is 386 g/mol. The Morgan fingerprint density at radius 3 is 2.62 bits per heavy atom. The third-order valence-corrected chi connectivity index (χ3v) is 6.77. The zero-order valence-electron chi connectivity index (χ0n) is 16.9. The maximum absolute atomic E-state index is 12.5. The van der Waals surface area contributed by atoms with Crippen molar-refractivity contribution in [2.45, 2.75) is 19.2 Å². The van der Waals surface area contributed by atoms with Crippen LogP contribution in [0.15, 0.2) is 41.2 Å². The highest BCUT2D eigenvalue weighted by Gasteiger charge is 2.24. The normalized spacial score (nSPS) is 21.3. The quantitative estimate of drug-likeness (QED) is 0.808. The van der Waals surface area contributed by atoms with E-state index in [1.54, 1.807) is 6.07 Å². The van der Waals surface area contributed by atoms with E-state index in [2.05, 4.69) is 21.9 Å². The van der Waals surface area contributed by atoms with Crippen molar-refractivity contribution >= 4 is 11.8 Å². The molecule has 1 N–H and O–H groups in total. The van der Waals surface area contributed by atoms with Crippen LogP contribution in [0.3, 0.4) is 0 Å². The van der Waals surface area contributed by atoms with Crippen LogP contribution in [0.2, 0.25) is 0 Å². The number of ether oxygens (including phenoxy) is 1. The van der Waals surface area contributed by atoms with Crippen LogP contribution < -0.4 is 5.43 Å². The largest absolute Gasteiger partial charge is 0.503 e. The molecule has 6 nitrogen and oxygen atoms in total. The van der Waals surface area contributed by atoms with Crippen LogP contribution in [0.25, 0.3) is 0 Å². The average Bonchev–Trinajstić information content (AvgIpc) is 2.76. The summed E-state index contributed by atoms with van der Waals surface area (Å²) in [7, 11) is 1.96. The number of nitrogens with zero attached hydrogens (tertiary/aromatic N) is 3. The van der Waals surface area contributed by atoms with Crippen LogP contribution in [0.5, 0.6) is 5.75 Å². The van der Waals surface area contributed by atoms with Crippen molar-refractivity contribution in [3.05, 3.63) is 63.6 Å². The highest BCUT2D eigenvalue weighted by molar-refractivity contribution is 7.99. The first-order chi connectivity index (χ1) is 14.1. The fourth-order valence-corrected chi connectivity index (χ4v) is 5.02. The van der Waals surface area contributed by atoms with Crippen molar-refractivity contribution in [1.29, 1.82) is 0 Å². The van der Waals surface area contributed by atoms with Crippen LogP contribution in [-0.2, 0) is 24.9 Å². The van der Waals surface area contributed by atoms with Gasteiger partial charge in [0.2, 0.25) is 5.43 Å². The van der Waals surface area contributed by atoms with E-state index in [0.29, 0.717) is 18.8 Å². The lowest BCUT2D eigenvalue weighted by Gasteiger charge is -2.34. The molecule has 2 saturated heterocycles. The monoisotopic (exact) mass is 415 g/mol. The Hall–Kier alpha value is -1.80. The van der Waals surface area contributed by atoms with Gasteiger partial charge in [-0.2, -0.15) is 11.8 Å². The fraction of sp³-hybridized carbons (Fsp3) is 0.500. The molecule has 2 aromatic rings. The topological polar surface area (TPSA) is 57.9 Å². The Morgan fingerprint density at radius 2 is 1.86 bits per heavy atom. The molecule has 7 heteroatoms. The van der Waals surface area contributed by atoms with E-state index in [4.69, 9.17) is 4.74 Å². The van der Waals surface area contributed by atoms with Crippen LogP contribution in [0, 0.1) is 0 Å². The molecule has 0 saturated carbocycles. The molecule has 0 aliphatic carbocycles. The molecule has 0 amide bonds. The maximum Gasteiger partial charge on any atom is 0.223 e. The Kier molecular flexibility index (Phi) is 6.60. The Morgan fingerprint density at radius 1 is 1.10 bits per heavy atom. The Balaban J connectivity index is 1.52. The minimum absolute atomic E-state index is 0.0122. The van der Waals surface area contributed by atoms with Crippen molar-refractivity contribution in [3.8, 4) is 5.75 Å². The average molecular weight is 416 g/mol. The summed E-state index contributed by atoms with van der Waals surface area (Å²) >= 11 is 1.98. The summed E-state index contributed by atoms with van der Waals surface area (Å²) in [5, 5.41) is 10.5. The molecule has 2 fully saturated rings. The van der Waals surface area contributed by atoms with Gasteiger partial charge in [0.25, 0.3) is 0 Å². The minimum atomic E-state index is -0.285. The second kappa shape index (κ2) is 9.34. The summed E-state index contributed by atoms with van der Waals surface area (Å²) in [4.78, 5) is 17.1. The summed E-state index contributed by atoms with van der Waals surface area (Å²) in [6.07, 6.45) is 0.0122. The summed E-state index contributed by atoms with van der Waals surface area (Å²) < 4.78 is 7.96. The number of pyridine rings is 1. The van der Waals surface area contributed by atoms with E-state index < -0.39 is 0 Å². The molecule has 0 bridgehead atoms. The standard InChI is InChI=1S/C22H29N3O3S/c1-23-18(14-24-8-11-29-12-9-24)13-20(26)22(27)19(23)15-25-7-10-28-21(16-25)17-5-3-2-4-6-17/h2-6,13,21,27H,7-12,14-16H2,1H3/t21-/m0/s1. The van der Waals surface area contributed by atoms with Crippen molar-refractivity contribution in [1.82, 2.24) is 14.4 Å². The Bertz CT molecular complexity index is 881. The molecule has 2 aliphatic heterocycles. The van der Waals surface area contributed by atoms with Gasteiger partial charge < -0.3 is 14.4 Å². The fourth-order valence-electron chi connectivity index (χ4n) is 4.04.